The molecule has 1 unspecified atom stereocenters. The molecule has 6 nitrogen and oxygen atoms in total. The quantitative estimate of drug-likeness (QED) is 0.803. The van der Waals surface area contributed by atoms with Crippen molar-refractivity contribution in [3.63, 3.8) is 0 Å². The number of aryl methyl sites for hydroxylation is 1. The number of aliphatic hydroxyl groups is 1. The van der Waals surface area contributed by atoms with Crippen molar-refractivity contribution in [3.05, 3.63) is 23.8 Å². The molecule has 0 spiro atoms. The van der Waals surface area contributed by atoms with E-state index in [4.69, 9.17) is 10.5 Å². The van der Waals surface area contributed by atoms with Crippen molar-refractivity contribution < 1.29 is 18.3 Å². The van der Waals surface area contributed by atoms with Crippen LogP contribution in [0.2, 0.25) is 0 Å². The van der Waals surface area contributed by atoms with Gasteiger partial charge in [0.1, 0.15) is 4.90 Å². The average molecular weight is 314 g/mol. The maximum Gasteiger partial charge on any atom is 0.245 e. The average Bonchev–Trinajstić information content (AvgIpc) is 2.36. The van der Waals surface area contributed by atoms with Gasteiger partial charge in [0.2, 0.25) is 10.0 Å². The summed E-state index contributed by atoms with van der Waals surface area (Å²) in [7, 11) is -3.72. The highest BCUT2D eigenvalue weighted by molar-refractivity contribution is 7.89. The fourth-order valence-corrected chi connectivity index (χ4v) is 4.62. The van der Waals surface area contributed by atoms with E-state index in [1.165, 1.54) is 4.31 Å². The van der Waals surface area contributed by atoms with Gasteiger partial charge in [0, 0.05) is 13.1 Å². The number of anilines is 1. The molecule has 0 radical (unpaired) electrons. The molecule has 3 N–H and O–H groups in total. The highest BCUT2D eigenvalue weighted by Gasteiger charge is 2.40. The lowest BCUT2D eigenvalue weighted by molar-refractivity contribution is -0.131. The lowest BCUT2D eigenvalue weighted by Crippen LogP contribution is -2.55. The second-order valence-electron chi connectivity index (χ2n) is 5.97. The van der Waals surface area contributed by atoms with E-state index in [-0.39, 0.29) is 30.3 Å². The van der Waals surface area contributed by atoms with Crippen molar-refractivity contribution in [1.82, 2.24) is 4.31 Å². The molecule has 1 aliphatic heterocycles. The number of morpholine rings is 1. The van der Waals surface area contributed by atoms with Gasteiger partial charge in [0.05, 0.1) is 24.0 Å². The normalized spacial score (nSPS) is 23.1. The van der Waals surface area contributed by atoms with E-state index in [0.29, 0.717) is 5.56 Å². The fourth-order valence-electron chi connectivity index (χ4n) is 2.68. The van der Waals surface area contributed by atoms with Crippen LogP contribution in [-0.4, -0.2) is 49.2 Å². The minimum atomic E-state index is -3.72. The molecule has 1 atom stereocenters. The molecule has 118 valence electrons. The second kappa shape index (κ2) is 5.57. The Hall–Kier alpha value is -1.15. The van der Waals surface area contributed by atoms with Crippen LogP contribution in [0.4, 0.5) is 5.69 Å². The van der Waals surface area contributed by atoms with Crippen LogP contribution in [0, 0.1) is 6.92 Å². The number of aliphatic hydroxyl groups excluding tert-OH is 1. The summed E-state index contributed by atoms with van der Waals surface area (Å²) in [4.78, 5) is 0.138. The van der Waals surface area contributed by atoms with Gasteiger partial charge in [-0.05, 0) is 32.4 Å². The van der Waals surface area contributed by atoms with Crippen LogP contribution in [-0.2, 0) is 14.8 Å². The minimum absolute atomic E-state index is 0.121. The van der Waals surface area contributed by atoms with E-state index in [1.54, 1.807) is 39.0 Å². The predicted octanol–water partition coefficient (Wildman–Crippen LogP) is 0.738. The van der Waals surface area contributed by atoms with Crippen molar-refractivity contribution in [2.75, 3.05) is 25.4 Å². The molecule has 0 aromatic heterocycles. The van der Waals surface area contributed by atoms with Gasteiger partial charge >= 0.3 is 0 Å². The topological polar surface area (TPSA) is 92.9 Å². The summed E-state index contributed by atoms with van der Waals surface area (Å²) in [6, 6.07) is 5.02. The molecule has 7 heteroatoms. The fraction of sp³-hybridized carbons (Fsp3) is 0.571. The van der Waals surface area contributed by atoms with Crippen molar-refractivity contribution in [1.29, 1.82) is 0 Å². The molecule has 0 bridgehead atoms. The molecule has 0 aliphatic carbocycles. The van der Waals surface area contributed by atoms with E-state index >= 15 is 0 Å². The molecule has 1 aromatic carbocycles. The summed E-state index contributed by atoms with van der Waals surface area (Å²) in [5.41, 5.74) is 6.05. The number of nitrogens with zero attached hydrogens (tertiary/aromatic N) is 1. The molecule has 1 aliphatic rings. The SMILES string of the molecule is Cc1cccc(N)c1S(=O)(=O)N1CC(CO)OC(C)(C)C1. The monoisotopic (exact) mass is 314 g/mol. The first-order chi connectivity index (χ1) is 9.67. The Morgan fingerprint density at radius 2 is 2.14 bits per heavy atom. The largest absolute Gasteiger partial charge is 0.398 e. The summed E-state index contributed by atoms with van der Waals surface area (Å²) in [5.74, 6) is 0. The third-order valence-corrected chi connectivity index (χ3v) is 5.53. The van der Waals surface area contributed by atoms with Gasteiger partial charge in [0.15, 0.2) is 0 Å². The van der Waals surface area contributed by atoms with Crippen molar-refractivity contribution in [2.24, 2.45) is 0 Å². The molecule has 1 saturated heterocycles. The molecule has 1 aromatic rings. The van der Waals surface area contributed by atoms with Crippen LogP contribution in [0.25, 0.3) is 0 Å². The molecule has 0 amide bonds. The van der Waals surface area contributed by atoms with Crippen LogP contribution in [0.15, 0.2) is 23.1 Å². The summed E-state index contributed by atoms with van der Waals surface area (Å²) in [6.07, 6.45) is -0.534. The number of nitrogens with two attached hydrogens (primary N) is 1. The maximum atomic E-state index is 12.9. The van der Waals surface area contributed by atoms with Crippen LogP contribution in [0.5, 0.6) is 0 Å². The predicted molar refractivity (Wildman–Crippen MR) is 80.4 cm³/mol. The minimum Gasteiger partial charge on any atom is -0.398 e. The first-order valence-corrected chi connectivity index (χ1v) is 8.25. The number of benzene rings is 1. The zero-order valence-electron chi connectivity index (χ0n) is 12.5. The first-order valence-electron chi connectivity index (χ1n) is 6.81. The first kappa shape index (κ1) is 16.2. The third kappa shape index (κ3) is 3.21. The van der Waals surface area contributed by atoms with Crippen molar-refractivity contribution in [2.45, 2.75) is 37.4 Å². The van der Waals surface area contributed by atoms with E-state index in [0.717, 1.165) is 0 Å². The van der Waals surface area contributed by atoms with Gasteiger partial charge in [-0.15, -0.1) is 0 Å². The Balaban J connectivity index is 2.44. The molecular formula is C14H22N2O4S. The van der Waals surface area contributed by atoms with Crippen LogP contribution < -0.4 is 5.73 Å². The highest BCUT2D eigenvalue weighted by Crippen LogP contribution is 2.30. The van der Waals surface area contributed by atoms with Crippen molar-refractivity contribution >= 4 is 15.7 Å². The number of ether oxygens (including phenoxy) is 1. The van der Waals surface area contributed by atoms with Crippen LogP contribution >= 0.6 is 0 Å². The van der Waals surface area contributed by atoms with Gasteiger partial charge < -0.3 is 15.6 Å². The Morgan fingerprint density at radius 3 is 2.71 bits per heavy atom. The van der Waals surface area contributed by atoms with Gasteiger partial charge in [-0.3, -0.25) is 0 Å². The van der Waals surface area contributed by atoms with Crippen LogP contribution in [0.3, 0.4) is 0 Å². The number of hydrogen-bond donors (Lipinski definition) is 2. The Kier molecular flexibility index (Phi) is 4.30. The summed E-state index contributed by atoms with van der Waals surface area (Å²) in [6.45, 7) is 5.45. The molecule has 2 rings (SSSR count). The number of sulfonamides is 1. The van der Waals surface area contributed by atoms with E-state index in [1.807, 2.05) is 0 Å². The zero-order chi connectivity index (χ0) is 15.8. The summed E-state index contributed by atoms with van der Waals surface area (Å²) >= 11 is 0. The molecular weight excluding hydrogens is 292 g/mol. The molecule has 1 fully saturated rings. The summed E-state index contributed by atoms with van der Waals surface area (Å²) < 4.78 is 32.8. The Bertz CT molecular complexity index is 608. The second-order valence-corrected chi connectivity index (χ2v) is 7.85. The van der Waals surface area contributed by atoms with E-state index in [9.17, 15) is 13.5 Å². The maximum absolute atomic E-state index is 12.9. The smallest absolute Gasteiger partial charge is 0.245 e. The van der Waals surface area contributed by atoms with Crippen molar-refractivity contribution in [3.8, 4) is 0 Å². The molecule has 0 saturated carbocycles. The van der Waals surface area contributed by atoms with Gasteiger partial charge in [-0.1, -0.05) is 12.1 Å². The van der Waals surface area contributed by atoms with Crippen LogP contribution in [0.1, 0.15) is 19.4 Å². The Labute approximate surface area is 125 Å². The highest BCUT2D eigenvalue weighted by atomic mass is 32.2. The number of hydrogen-bond acceptors (Lipinski definition) is 5. The Morgan fingerprint density at radius 1 is 1.48 bits per heavy atom. The number of rotatable bonds is 3. The molecule has 21 heavy (non-hydrogen) atoms. The number of nitrogen functional groups attached to an aromatic ring is 1. The summed E-state index contributed by atoms with van der Waals surface area (Å²) in [5, 5.41) is 9.32. The van der Waals surface area contributed by atoms with Gasteiger partial charge in [0.25, 0.3) is 0 Å². The lowest BCUT2D eigenvalue weighted by atomic mass is 10.1. The zero-order valence-corrected chi connectivity index (χ0v) is 13.4. The lowest BCUT2D eigenvalue weighted by Gasteiger charge is -2.41. The third-order valence-electron chi connectivity index (χ3n) is 3.49. The standard InChI is InChI=1S/C14H22N2O4S/c1-10-5-4-6-12(15)13(10)21(18,19)16-7-11(8-17)20-14(2,3)9-16/h4-6,11,17H,7-9,15H2,1-3H3. The van der Waals surface area contributed by atoms with E-state index in [2.05, 4.69) is 0 Å². The van der Waals surface area contributed by atoms with Gasteiger partial charge in [-0.25, -0.2) is 8.42 Å². The van der Waals surface area contributed by atoms with E-state index < -0.39 is 21.7 Å². The van der Waals surface area contributed by atoms with Gasteiger partial charge in [-0.2, -0.15) is 4.31 Å². The molecule has 1 heterocycles.